The summed E-state index contributed by atoms with van der Waals surface area (Å²) in [6, 6.07) is 8.36. The molecule has 0 N–H and O–H groups in total. The van der Waals surface area contributed by atoms with E-state index in [9.17, 15) is 4.79 Å². The van der Waals surface area contributed by atoms with Crippen LogP contribution in [0.15, 0.2) is 24.3 Å². The quantitative estimate of drug-likeness (QED) is 0.854. The number of hydrogen-bond donors (Lipinski definition) is 0. The van der Waals surface area contributed by atoms with Gasteiger partial charge in [-0.1, -0.05) is 12.1 Å². The van der Waals surface area contributed by atoms with Crippen molar-refractivity contribution in [3.8, 4) is 5.75 Å². The molecule has 0 bridgehead atoms. The SMILES string of the molecule is COc1ccc(CSC2CN(C)C(=O)C3CCCN23)cc1. The fourth-order valence-electron chi connectivity index (χ4n) is 3.15. The molecule has 2 aliphatic rings. The third-order valence-corrected chi connectivity index (χ3v) is 5.66. The van der Waals surface area contributed by atoms with Crippen molar-refractivity contribution in [2.45, 2.75) is 30.0 Å². The van der Waals surface area contributed by atoms with Crippen LogP contribution in [0.25, 0.3) is 0 Å². The van der Waals surface area contributed by atoms with E-state index in [0.717, 1.165) is 37.4 Å². The van der Waals surface area contributed by atoms with Crippen molar-refractivity contribution in [3.63, 3.8) is 0 Å². The molecule has 2 aliphatic heterocycles. The molecule has 2 fully saturated rings. The van der Waals surface area contributed by atoms with Crippen LogP contribution in [-0.4, -0.2) is 54.4 Å². The topological polar surface area (TPSA) is 32.8 Å². The largest absolute Gasteiger partial charge is 0.497 e. The summed E-state index contributed by atoms with van der Waals surface area (Å²) in [4.78, 5) is 16.5. The number of benzene rings is 1. The minimum Gasteiger partial charge on any atom is -0.497 e. The van der Waals surface area contributed by atoms with E-state index in [2.05, 4.69) is 17.0 Å². The van der Waals surface area contributed by atoms with Gasteiger partial charge in [0.05, 0.1) is 18.5 Å². The van der Waals surface area contributed by atoms with Crippen LogP contribution < -0.4 is 4.74 Å². The number of methoxy groups -OCH3 is 1. The molecule has 0 spiro atoms. The van der Waals surface area contributed by atoms with Gasteiger partial charge in [-0.3, -0.25) is 9.69 Å². The number of carbonyl (C=O) groups is 1. The van der Waals surface area contributed by atoms with Crippen molar-refractivity contribution in [3.05, 3.63) is 29.8 Å². The van der Waals surface area contributed by atoms with Gasteiger partial charge in [-0.2, -0.15) is 0 Å². The van der Waals surface area contributed by atoms with Crippen LogP contribution in [0.1, 0.15) is 18.4 Å². The van der Waals surface area contributed by atoms with Gasteiger partial charge in [0.25, 0.3) is 0 Å². The second-order valence-electron chi connectivity index (χ2n) is 5.73. The standard InChI is InChI=1S/C16H22N2O2S/c1-17-10-15(18-9-3-4-14(18)16(17)19)21-11-12-5-7-13(20-2)8-6-12/h5-8,14-15H,3-4,9-11H2,1-2H3. The molecule has 0 aromatic heterocycles. The van der Waals surface area contributed by atoms with Gasteiger partial charge in [-0.25, -0.2) is 0 Å². The molecule has 2 atom stereocenters. The number of fused-ring (bicyclic) bond motifs is 1. The molecule has 21 heavy (non-hydrogen) atoms. The van der Waals surface area contributed by atoms with Crippen molar-refractivity contribution in [2.24, 2.45) is 0 Å². The third-order valence-electron chi connectivity index (χ3n) is 4.36. The minimum atomic E-state index is 0.122. The summed E-state index contributed by atoms with van der Waals surface area (Å²) in [5.74, 6) is 2.17. The van der Waals surface area contributed by atoms with Crippen LogP contribution in [-0.2, 0) is 10.5 Å². The lowest BCUT2D eigenvalue weighted by Gasteiger charge is -2.41. The van der Waals surface area contributed by atoms with E-state index in [0.29, 0.717) is 11.3 Å². The summed E-state index contributed by atoms with van der Waals surface area (Å²) in [5, 5.41) is 0.419. The summed E-state index contributed by atoms with van der Waals surface area (Å²) in [5.41, 5.74) is 1.30. The Labute approximate surface area is 130 Å². The van der Waals surface area contributed by atoms with E-state index in [4.69, 9.17) is 4.74 Å². The van der Waals surface area contributed by atoms with Crippen molar-refractivity contribution in [2.75, 3.05) is 27.2 Å². The molecule has 2 saturated heterocycles. The van der Waals surface area contributed by atoms with Crippen LogP contribution in [0.4, 0.5) is 0 Å². The first-order valence-electron chi connectivity index (χ1n) is 7.44. The van der Waals surface area contributed by atoms with E-state index in [1.54, 1.807) is 7.11 Å². The van der Waals surface area contributed by atoms with Crippen LogP contribution in [0.5, 0.6) is 5.75 Å². The molecule has 0 radical (unpaired) electrons. The van der Waals surface area contributed by atoms with Crippen LogP contribution in [0, 0.1) is 0 Å². The molecule has 5 heteroatoms. The number of piperazine rings is 1. The first-order valence-corrected chi connectivity index (χ1v) is 8.49. The number of thioether (sulfide) groups is 1. The first kappa shape index (κ1) is 14.7. The molecule has 0 aliphatic carbocycles. The lowest BCUT2D eigenvalue weighted by Crippen LogP contribution is -2.57. The Bertz CT molecular complexity index is 506. The highest BCUT2D eigenvalue weighted by Gasteiger charge is 2.41. The van der Waals surface area contributed by atoms with Gasteiger partial charge in [-0.05, 0) is 30.5 Å². The number of amides is 1. The number of rotatable bonds is 4. The van der Waals surface area contributed by atoms with Crippen molar-refractivity contribution in [1.29, 1.82) is 0 Å². The van der Waals surface area contributed by atoms with Gasteiger partial charge in [0.1, 0.15) is 5.75 Å². The highest BCUT2D eigenvalue weighted by Crippen LogP contribution is 2.33. The highest BCUT2D eigenvalue weighted by atomic mass is 32.2. The Morgan fingerprint density at radius 3 is 2.81 bits per heavy atom. The Morgan fingerprint density at radius 1 is 1.33 bits per heavy atom. The Hall–Kier alpha value is -1.20. The molecule has 1 aromatic rings. The third kappa shape index (κ3) is 3.04. The molecule has 1 amide bonds. The van der Waals surface area contributed by atoms with Gasteiger partial charge < -0.3 is 9.64 Å². The van der Waals surface area contributed by atoms with Gasteiger partial charge in [0.2, 0.25) is 5.91 Å². The second-order valence-corrected chi connectivity index (χ2v) is 6.89. The molecule has 2 heterocycles. The number of hydrogen-bond acceptors (Lipinski definition) is 4. The molecule has 0 saturated carbocycles. The number of ether oxygens (including phenoxy) is 1. The summed E-state index contributed by atoms with van der Waals surface area (Å²) in [6.45, 7) is 1.89. The normalized spacial score (nSPS) is 26.0. The minimum absolute atomic E-state index is 0.122. The Balaban J connectivity index is 1.62. The average molecular weight is 306 g/mol. The summed E-state index contributed by atoms with van der Waals surface area (Å²) >= 11 is 1.94. The fraction of sp³-hybridized carbons (Fsp3) is 0.562. The Morgan fingerprint density at radius 2 is 2.10 bits per heavy atom. The van der Waals surface area contributed by atoms with Crippen molar-refractivity contribution < 1.29 is 9.53 Å². The molecular weight excluding hydrogens is 284 g/mol. The zero-order valence-electron chi connectivity index (χ0n) is 12.6. The monoisotopic (exact) mass is 306 g/mol. The lowest BCUT2D eigenvalue weighted by atomic mass is 10.1. The molecule has 1 aromatic carbocycles. The number of likely N-dealkylation sites (N-methyl/N-ethyl adjacent to an activating group) is 1. The first-order chi connectivity index (χ1) is 10.2. The van der Waals surface area contributed by atoms with Crippen molar-refractivity contribution >= 4 is 17.7 Å². The molecular formula is C16H22N2O2S. The maximum atomic E-state index is 12.2. The summed E-state index contributed by atoms with van der Waals surface area (Å²) < 4.78 is 5.19. The molecule has 4 nitrogen and oxygen atoms in total. The lowest BCUT2D eigenvalue weighted by molar-refractivity contribution is -0.139. The molecule has 2 unspecified atom stereocenters. The summed E-state index contributed by atoms with van der Waals surface area (Å²) in [6.07, 6.45) is 2.16. The van der Waals surface area contributed by atoms with Crippen LogP contribution in [0.3, 0.4) is 0 Å². The maximum absolute atomic E-state index is 12.2. The van der Waals surface area contributed by atoms with E-state index in [-0.39, 0.29) is 6.04 Å². The molecule has 114 valence electrons. The van der Waals surface area contributed by atoms with Gasteiger partial charge in [0.15, 0.2) is 0 Å². The van der Waals surface area contributed by atoms with E-state index in [1.165, 1.54) is 5.56 Å². The predicted molar refractivity (Wildman–Crippen MR) is 85.4 cm³/mol. The molecule has 3 rings (SSSR count). The zero-order chi connectivity index (χ0) is 14.8. The van der Waals surface area contributed by atoms with E-state index >= 15 is 0 Å². The highest BCUT2D eigenvalue weighted by molar-refractivity contribution is 7.99. The number of carbonyl (C=O) groups excluding carboxylic acids is 1. The fourth-order valence-corrected chi connectivity index (χ4v) is 4.50. The van der Waals surface area contributed by atoms with Crippen molar-refractivity contribution in [1.82, 2.24) is 9.80 Å². The van der Waals surface area contributed by atoms with E-state index < -0.39 is 0 Å². The van der Waals surface area contributed by atoms with Crippen LogP contribution in [0.2, 0.25) is 0 Å². The van der Waals surface area contributed by atoms with Crippen LogP contribution >= 0.6 is 11.8 Å². The predicted octanol–water partition coefficient (Wildman–Crippen LogP) is 2.19. The number of nitrogens with zero attached hydrogens (tertiary/aromatic N) is 2. The summed E-state index contributed by atoms with van der Waals surface area (Å²) in [7, 11) is 3.62. The van der Waals surface area contributed by atoms with Gasteiger partial charge in [-0.15, -0.1) is 11.8 Å². The zero-order valence-corrected chi connectivity index (χ0v) is 13.4. The van der Waals surface area contributed by atoms with Gasteiger partial charge in [0, 0.05) is 25.9 Å². The maximum Gasteiger partial charge on any atom is 0.239 e. The van der Waals surface area contributed by atoms with Gasteiger partial charge >= 0.3 is 0 Å². The average Bonchev–Trinajstić information content (AvgIpc) is 3.00. The Kier molecular flexibility index (Phi) is 4.40. The smallest absolute Gasteiger partial charge is 0.239 e. The van der Waals surface area contributed by atoms with E-state index in [1.807, 2.05) is 35.8 Å². The second kappa shape index (κ2) is 6.28.